The van der Waals surface area contributed by atoms with Crippen LogP contribution in [0.1, 0.15) is 27.6 Å². The molecule has 21 heavy (non-hydrogen) atoms. The lowest BCUT2D eigenvalue weighted by Gasteiger charge is -2.09. The van der Waals surface area contributed by atoms with Gasteiger partial charge in [0.15, 0.2) is 0 Å². The van der Waals surface area contributed by atoms with E-state index in [1.807, 2.05) is 0 Å². The van der Waals surface area contributed by atoms with Gasteiger partial charge in [-0.05, 0) is 50.0 Å². The number of benzene rings is 1. The maximum Gasteiger partial charge on any atom is 0.407 e. The summed E-state index contributed by atoms with van der Waals surface area (Å²) in [5.41, 5.74) is -0.0307. The monoisotopic (exact) mass is 299 g/mol. The van der Waals surface area contributed by atoms with Crippen LogP contribution in [0.5, 0.6) is 0 Å². The van der Waals surface area contributed by atoms with E-state index in [1.54, 1.807) is 0 Å². The van der Waals surface area contributed by atoms with Crippen molar-refractivity contribution < 1.29 is 26.0 Å². The number of nitrogens with one attached hydrogen (secondary N) is 2. The Morgan fingerprint density at radius 1 is 1.62 bits per heavy atom. The highest BCUT2D eigenvalue weighted by atomic mass is 16.6. The Labute approximate surface area is 141 Å². The van der Waals surface area contributed by atoms with Gasteiger partial charge in [-0.1, -0.05) is 6.04 Å². The van der Waals surface area contributed by atoms with Crippen LogP contribution in [0.4, 0.5) is 4.79 Å². The number of ether oxygens (including phenoxy) is 1. The number of fused-ring (bicyclic) bond motifs is 1. The van der Waals surface area contributed by atoms with E-state index in [-0.39, 0.29) is 58.1 Å². The summed E-state index contributed by atoms with van der Waals surface area (Å²) < 4.78 is 99.5. The molecule has 2 heterocycles. The Bertz CT molecular complexity index is 1080. The number of likely N-dealkylation sites (N-methyl/N-ethyl adjacent to an activating group) is 1. The fourth-order valence-electron chi connectivity index (χ4n) is 2.10. The lowest BCUT2D eigenvalue weighted by molar-refractivity contribution is 0.177. The molecular formula is C16H21N3O2. The first-order chi connectivity index (χ1) is 14.9. The Balaban J connectivity index is 2.10. The standard InChI is InChI=1S/C16H21N3O2/c1-19(2)6-5-12-9-17-15-4-3-11(8-14(12)15)7-13-10-21-16(20)18-13/h3-4,8-9,13,17H,5-7,10H2,1-2H3,(H,18,20)/t13-/m0/s1/i1D3,2D3,3D,4D,6D2,8D,13D. The van der Waals surface area contributed by atoms with Crippen LogP contribution in [0.25, 0.3) is 10.9 Å². The molecule has 1 aromatic carbocycles. The molecule has 1 amide bonds. The number of hydrogen-bond acceptors (Lipinski definition) is 3. The maximum absolute atomic E-state index is 11.4. The van der Waals surface area contributed by atoms with E-state index in [0.29, 0.717) is 0 Å². The van der Waals surface area contributed by atoms with Gasteiger partial charge in [0.2, 0.25) is 0 Å². The molecule has 3 rings (SSSR count). The molecule has 2 aromatic rings. The summed E-state index contributed by atoms with van der Waals surface area (Å²) in [5, 5.41) is 2.27. The lowest BCUT2D eigenvalue weighted by Crippen LogP contribution is -2.28. The molecule has 0 radical (unpaired) electrons. The van der Waals surface area contributed by atoms with E-state index in [4.69, 9.17) is 21.2 Å². The molecule has 1 fully saturated rings. The second-order valence-corrected chi connectivity index (χ2v) is 4.57. The molecule has 0 unspecified atom stereocenters. The second-order valence-electron chi connectivity index (χ2n) is 4.57. The topological polar surface area (TPSA) is 57.4 Å². The van der Waals surface area contributed by atoms with E-state index in [9.17, 15) is 4.79 Å². The Kier molecular flexibility index (Phi) is 1.55. The second kappa shape index (κ2) is 5.77. The summed E-state index contributed by atoms with van der Waals surface area (Å²) in [6.45, 7) is -9.82. The van der Waals surface area contributed by atoms with Gasteiger partial charge in [0, 0.05) is 34.6 Å². The van der Waals surface area contributed by atoms with Gasteiger partial charge < -0.3 is 19.9 Å². The molecule has 2 N–H and O–H groups in total. The van der Waals surface area contributed by atoms with Gasteiger partial charge >= 0.3 is 6.09 Å². The molecule has 1 aromatic heterocycles. The van der Waals surface area contributed by atoms with Gasteiger partial charge in [0.05, 0.1) is 11.5 Å². The smallest absolute Gasteiger partial charge is 0.407 e. The average Bonchev–Trinajstić information content (AvgIpc) is 3.17. The van der Waals surface area contributed by atoms with Crippen molar-refractivity contribution in [1.82, 2.24) is 15.2 Å². The quantitative estimate of drug-likeness (QED) is 0.887. The first-order valence-electron chi connectivity index (χ1n) is 12.2. The predicted octanol–water partition coefficient (Wildman–Crippen LogP) is 1.92. The van der Waals surface area contributed by atoms with E-state index in [0.717, 1.165) is 0 Å². The zero-order valence-electron chi connectivity index (χ0n) is 23.0. The molecule has 0 spiro atoms. The minimum Gasteiger partial charge on any atom is -0.447 e. The first-order valence-corrected chi connectivity index (χ1v) is 6.21. The van der Waals surface area contributed by atoms with Crippen LogP contribution >= 0.6 is 0 Å². The molecular weight excluding hydrogens is 266 g/mol. The van der Waals surface area contributed by atoms with Crippen LogP contribution in [0.3, 0.4) is 0 Å². The van der Waals surface area contributed by atoms with Crippen molar-refractivity contribution in [3.8, 4) is 0 Å². The van der Waals surface area contributed by atoms with Gasteiger partial charge in [0.25, 0.3) is 0 Å². The highest BCUT2D eigenvalue weighted by molar-refractivity contribution is 5.84. The summed E-state index contributed by atoms with van der Waals surface area (Å²) >= 11 is 0. The third-order valence-electron chi connectivity index (χ3n) is 3.05. The first kappa shape index (κ1) is 5.65. The number of rotatable bonds is 5. The number of aromatic amines is 1. The van der Waals surface area contributed by atoms with E-state index in [1.165, 1.54) is 6.20 Å². The molecule has 1 atom stereocenters. The molecule has 0 saturated carbocycles. The van der Waals surface area contributed by atoms with E-state index in [2.05, 4.69) is 10.3 Å². The van der Waals surface area contributed by atoms with Gasteiger partial charge in [0.1, 0.15) is 6.61 Å². The van der Waals surface area contributed by atoms with Crippen molar-refractivity contribution >= 4 is 17.0 Å². The fraction of sp³-hybridized carbons (Fsp3) is 0.438. The van der Waals surface area contributed by atoms with Crippen molar-refractivity contribution in [3.63, 3.8) is 0 Å². The lowest BCUT2D eigenvalue weighted by atomic mass is 10.0. The van der Waals surface area contributed by atoms with Crippen LogP contribution in [0.15, 0.2) is 24.3 Å². The van der Waals surface area contributed by atoms with E-state index < -0.39 is 39.0 Å². The third kappa shape index (κ3) is 3.19. The molecule has 0 aliphatic carbocycles. The Hall–Kier alpha value is -2.01. The minimum absolute atomic E-state index is 0.000231. The van der Waals surface area contributed by atoms with Crippen molar-refractivity contribution in [2.75, 3.05) is 27.1 Å². The number of amides is 1. The predicted molar refractivity (Wildman–Crippen MR) is 82.5 cm³/mol. The average molecular weight is 299 g/mol. The highest BCUT2D eigenvalue weighted by Gasteiger charge is 2.22. The molecule has 1 aliphatic heterocycles. The summed E-state index contributed by atoms with van der Waals surface area (Å²) in [7, 11) is 0. The molecule has 1 aliphatic rings. The normalized spacial score (nSPS) is 32.0. The summed E-state index contributed by atoms with van der Waals surface area (Å²) in [6.07, 6.45) is -0.694. The molecule has 112 valence electrons. The minimum atomic E-state index is -3.29. The van der Waals surface area contributed by atoms with Crippen LogP contribution in [0.2, 0.25) is 0 Å². The van der Waals surface area contributed by atoms with Crippen LogP contribution in [0, 0.1) is 0 Å². The van der Waals surface area contributed by atoms with Gasteiger partial charge in [-0.2, -0.15) is 0 Å². The SMILES string of the molecule is [2H]c1c(C[C@@]2([2H])COC(=O)N2)c([2H])c2c(CC([2H])([2H])N(C([2H])([2H])[2H])C([2H])([2H])[2H])c[nH]c2c1[2H]. The zero-order chi connectivity index (χ0) is 25.1. The molecule has 0 bridgehead atoms. The van der Waals surface area contributed by atoms with Crippen molar-refractivity contribution in [3.05, 3.63) is 35.5 Å². The molecule has 1 saturated heterocycles. The van der Waals surface area contributed by atoms with Crippen LogP contribution < -0.4 is 5.32 Å². The number of hydrogen-bond donors (Lipinski definition) is 2. The Morgan fingerprint density at radius 2 is 2.52 bits per heavy atom. The van der Waals surface area contributed by atoms with Crippen molar-refractivity contribution in [2.24, 2.45) is 0 Å². The number of aryl methyl sites for hydroxylation is 1. The molecule has 5 heteroatoms. The number of carbonyl (C=O) groups is 1. The van der Waals surface area contributed by atoms with Crippen molar-refractivity contribution in [1.29, 1.82) is 0 Å². The number of cyclic esters (lactones) is 1. The van der Waals surface area contributed by atoms with Crippen LogP contribution in [-0.4, -0.2) is 49.1 Å². The van der Waals surface area contributed by atoms with Gasteiger partial charge in [-0.25, -0.2) is 4.79 Å². The number of H-pyrrole nitrogens is 1. The third-order valence-corrected chi connectivity index (χ3v) is 3.05. The highest BCUT2D eigenvalue weighted by Crippen LogP contribution is 2.21. The summed E-state index contributed by atoms with van der Waals surface area (Å²) in [4.78, 5) is 13.9. The van der Waals surface area contributed by atoms with Gasteiger partial charge in [-0.3, -0.25) is 0 Å². The number of aromatic nitrogens is 1. The van der Waals surface area contributed by atoms with Gasteiger partial charge in [-0.15, -0.1) is 0 Å². The van der Waals surface area contributed by atoms with Crippen LogP contribution in [-0.2, 0) is 17.6 Å². The summed E-state index contributed by atoms with van der Waals surface area (Å²) in [5.74, 6) is 0. The maximum atomic E-state index is 11.4. The molecule has 5 nitrogen and oxygen atoms in total. The fourth-order valence-corrected chi connectivity index (χ4v) is 2.10. The van der Waals surface area contributed by atoms with E-state index >= 15 is 0 Å². The number of alkyl carbamates (subject to hydrolysis) is 1. The summed E-state index contributed by atoms with van der Waals surface area (Å²) in [6, 6.07) is -2.71. The Morgan fingerprint density at radius 3 is 3.29 bits per heavy atom. The number of carbonyl (C=O) groups excluding carboxylic acids is 1. The zero-order valence-corrected chi connectivity index (χ0v) is 11.0. The van der Waals surface area contributed by atoms with Crippen molar-refractivity contribution in [2.45, 2.75) is 18.9 Å². The largest absolute Gasteiger partial charge is 0.447 e. The number of nitrogens with zero attached hydrogens (tertiary/aromatic N) is 1.